The van der Waals surface area contributed by atoms with Crippen LogP contribution in [0.5, 0.6) is 5.75 Å². The molecule has 0 aliphatic heterocycles. The van der Waals surface area contributed by atoms with Gasteiger partial charge in [0.1, 0.15) is 17.1 Å². The Bertz CT molecular complexity index is 661. The van der Waals surface area contributed by atoms with Crippen LogP contribution in [0.4, 0.5) is 11.4 Å². The Labute approximate surface area is 125 Å². The second-order valence-electron chi connectivity index (χ2n) is 6.40. The fourth-order valence-corrected chi connectivity index (χ4v) is 5.28. The number of benzene rings is 1. The third-order valence-corrected chi connectivity index (χ3v) is 8.15. The van der Waals surface area contributed by atoms with E-state index in [-0.39, 0.29) is 6.61 Å². The number of para-hydroxylation sites is 1. The first kappa shape index (κ1) is 14.5. The van der Waals surface area contributed by atoms with E-state index in [1.165, 1.54) is 0 Å². The molecule has 0 bridgehead atoms. The van der Waals surface area contributed by atoms with Crippen LogP contribution in [0.2, 0.25) is 0 Å². The maximum absolute atomic E-state index is 12.7. The molecule has 6 heteroatoms. The third-order valence-electron chi connectivity index (χ3n) is 4.78. The molecule has 3 N–H and O–H groups in total. The summed E-state index contributed by atoms with van der Waals surface area (Å²) in [5.41, 5.74) is 7.20. The van der Waals surface area contributed by atoms with Crippen LogP contribution in [0.1, 0.15) is 32.6 Å². The first-order chi connectivity index (χ1) is 9.85. The van der Waals surface area contributed by atoms with E-state index in [1.807, 2.05) is 19.1 Å². The van der Waals surface area contributed by atoms with Crippen molar-refractivity contribution in [1.29, 1.82) is 0 Å². The second kappa shape index (κ2) is 4.53. The maximum Gasteiger partial charge on any atom is 0.164 e. The first-order valence-corrected chi connectivity index (χ1v) is 8.77. The van der Waals surface area contributed by atoms with Crippen molar-refractivity contribution in [1.82, 2.24) is 0 Å². The largest absolute Gasteiger partial charge is 0.490 e. The Balaban J connectivity index is 1.78. The van der Waals surface area contributed by atoms with Gasteiger partial charge in [-0.3, -0.25) is 0 Å². The quantitative estimate of drug-likeness (QED) is 0.787. The molecule has 0 saturated heterocycles. The number of nitrogen functional groups attached to an aromatic ring is 1. The Morgan fingerprint density at radius 1 is 1.29 bits per heavy atom. The molecule has 0 amide bonds. The molecular formula is C15H22N2O3S. The van der Waals surface area contributed by atoms with Gasteiger partial charge in [-0.15, -0.1) is 0 Å². The van der Waals surface area contributed by atoms with Crippen LogP contribution in [0.3, 0.4) is 0 Å². The number of rotatable bonds is 6. The van der Waals surface area contributed by atoms with E-state index >= 15 is 0 Å². The van der Waals surface area contributed by atoms with Crippen LogP contribution >= 0.6 is 0 Å². The Morgan fingerprint density at radius 3 is 2.48 bits per heavy atom. The second-order valence-corrected chi connectivity index (χ2v) is 9.25. The number of sulfone groups is 1. The van der Waals surface area contributed by atoms with Crippen LogP contribution in [-0.4, -0.2) is 31.6 Å². The average molecular weight is 310 g/mol. The van der Waals surface area contributed by atoms with Crippen molar-refractivity contribution < 1.29 is 13.2 Å². The Morgan fingerprint density at radius 2 is 1.95 bits per heavy atom. The molecule has 116 valence electrons. The molecule has 0 aromatic heterocycles. The van der Waals surface area contributed by atoms with E-state index < -0.39 is 19.3 Å². The van der Waals surface area contributed by atoms with Gasteiger partial charge in [0.2, 0.25) is 0 Å². The summed E-state index contributed by atoms with van der Waals surface area (Å²) in [7, 11) is -1.36. The molecule has 21 heavy (non-hydrogen) atoms. The molecule has 2 fully saturated rings. The van der Waals surface area contributed by atoms with E-state index in [0.29, 0.717) is 30.0 Å². The predicted octanol–water partition coefficient (Wildman–Crippen LogP) is 2.19. The van der Waals surface area contributed by atoms with Crippen molar-refractivity contribution in [3.8, 4) is 5.75 Å². The zero-order valence-corrected chi connectivity index (χ0v) is 13.3. The van der Waals surface area contributed by atoms with Gasteiger partial charge in [-0.05, 0) is 44.7 Å². The fourth-order valence-electron chi connectivity index (χ4n) is 2.74. The van der Waals surface area contributed by atoms with Crippen LogP contribution < -0.4 is 15.8 Å². The zero-order chi connectivity index (χ0) is 15.3. The van der Waals surface area contributed by atoms with Gasteiger partial charge in [-0.2, -0.15) is 0 Å². The molecule has 2 saturated carbocycles. The number of anilines is 2. The molecule has 0 heterocycles. The van der Waals surface area contributed by atoms with Gasteiger partial charge in [-0.1, -0.05) is 6.07 Å². The molecule has 1 aromatic carbocycles. The van der Waals surface area contributed by atoms with E-state index in [1.54, 1.807) is 13.1 Å². The lowest BCUT2D eigenvalue weighted by Crippen LogP contribution is -2.38. The molecule has 5 nitrogen and oxygen atoms in total. The number of hydrogen-bond acceptors (Lipinski definition) is 5. The number of nitrogens with two attached hydrogens (primary N) is 1. The summed E-state index contributed by atoms with van der Waals surface area (Å²) in [6.07, 6.45) is 2.94. The summed E-state index contributed by atoms with van der Waals surface area (Å²) in [5, 5.41) is 3.00. The number of hydrogen-bond donors (Lipinski definition) is 2. The lowest BCUT2D eigenvalue weighted by Gasteiger charge is -2.22. The SMILES string of the molecule is CNc1c(N)cccc1OCC1(S(=O)(=O)C2(C)CC2)CC1. The lowest BCUT2D eigenvalue weighted by molar-refractivity contribution is 0.306. The molecule has 2 aliphatic rings. The van der Waals surface area contributed by atoms with E-state index in [9.17, 15) is 8.42 Å². The van der Waals surface area contributed by atoms with Gasteiger partial charge in [-0.25, -0.2) is 8.42 Å². The standard InChI is InChI=1S/C15H22N2O3S/c1-14(6-7-14)21(18,19)15(8-9-15)10-20-12-5-3-4-11(16)13(12)17-2/h3-5,17H,6-10,16H2,1-2H3. The van der Waals surface area contributed by atoms with Crippen molar-refractivity contribution in [2.24, 2.45) is 0 Å². The van der Waals surface area contributed by atoms with Crippen molar-refractivity contribution in [2.75, 3.05) is 24.7 Å². The van der Waals surface area contributed by atoms with Crippen molar-refractivity contribution in [2.45, 2.75) is 42.1 Å². The topological polar surface area (TPSA) is 81.4 Å². The Kier molecular flexibility index (Phi) is 3.13. The van der Waals surface area contributed by atoms with Gasteiger partial charge in [0, 0.05) is 7.05 Å². The molecule has 0 atom stereocenters. The van der Waals surface area contributed by atoms with E-state index in [4.69, 9.17) is 10.5 Å². The van der Waals surface area contributed by atoms with Gasteiger partial charge < -0.3 is 15.8 Å². The van der Waals surface area contributed by atoms with Gasteiger partial charge >= 0.3 is 0 Å². The smallest absolute Gasteiger partial charge is 0.164 e. The van der Waals surface area contributed by atoms with Gasteiger partial charge in [0.25, 0.3) is 0 Å². The normalized spacial score (nSPS) is 21.6. The minimum atomic E-state index is -3.13. The van der Waals surface area contributed by atoms with E-state index in [0.717, 1.165) is 12.8 Å². The summed E-state index contributed by atoms with van der Waals surface area (Å²) >= 11 is 0. The lowest BCUT2D eigenvalue weighted by atomic mass is 10.2. The fraction of sp³-hybridized carbons (Fsp3) is 0.600. The number of nitrogens with one attached hydrogen (secondary N) is 1. The molecule has 0 unspecified atom stereocenters. The van der Waals surface area contributed by atoms with Gasteiger partial charge in [0.15, 0.2) is 9.84 Å². The average Bonchev–Trinajstić information content (AvgIpc) is 3.33. The highest BCUT2D eigenvalue weighted by molar-refractivity contribution is 7.94. The van der Waals surface area contributed by atoms with E-state index in [2.05, 4.69) is 5.32 Å². The third kappa shape index (κ3) is 2.16. The summed E-state index contributed by atoms with van der Waals surface area (Å²) in [6.45, 7) is 2.06. The Hall–Kier alpha value is -1.43. The minimum Gasteiger partial charge on any atom is -0.490 e. The molecule has 3 rings (SSSR count). The van der Waals surface area contributed by atoms with Crippen LogP contribution in [-0.2, 0) is 9.84 Å². The number of ether oxygens (including phenoxy) is 1. The predicted molar refractivity (Wildman–Crippen MR) is 84.4 cm³/mol. The summed E-state index contributed by atoms with van der Waals surface area (Å²) in [5.74, 6) is 0.611. The highest BCUT2D eigenvalue weighted by atomic mass is 32.2. The molecule has 0 spiro atoms. The van der Waals surface area contributed by atoms with Crippen LogP contribution in [0.15, 0.2) is 18.2 Å². The van der Waals surface area contributed by atoms with Crippen molar-refractivity contribution >= 4 is 21.2 Å². The molecular weight excluding hydrogens is 288 g/mol. The summed E-state index contributed by atoms with van der Waals surface area (Å²) in [4.78, 5) is 0. The summed E-state index contributed by atoms with van der Waals surface area (Å²) < 4.78 is 30.1. The van der Waals surface area contributed by atoms with Crippen molar-refractivity contribution in [3.05, 3.63) is 18.2 Å². The summed E-state index contributed by atoms with van der Waals surface area (Å²) in [6, 6.07) is 5.40. The highest BCUT2D eigenvalue weighted by Crippen LogP contribution is 2.56. The monoisotopic (exact) mass is 310 g/mol. The molecule has 2 aliphatic carbocycles. The first-order valence-electron chi connectivity index (χ1n) is 7.28. The molecule has 1 aromatic rings. The minimum absolute atomic E-state index is 0.211. The maximum atomic E-state index is 12.7. The molecule has 0 radical (unpaired) electrons. The van der Waals surface area contributed by atoms with Gasteiger partial charge in [0.05, 0.1) is 16.1 Å². The van der Waals surface area contributed by atoms with Crippen LogP contribution in [0.25, 0.3) is 0 Å². The highest BCUT2D eigenvalue weighted by Gasteiger charge is 2.65. The zero-order valence-electron chi connectivity index (χ0n) is 12.5. The van der Waals surface area contributed by atoms with Crippen molar-refractivity contribution in [3.63, 3.8) is 0 Å². The van der Waals surface area contributed by atoms with Crippen LogP contribution in [0, 0.1) is 0 Å².